The predicted octanol–water partition coefficient (Wildman–Crippen LogP) is 2.04. The van der Waals surface area contributed by atoms with Crippen LogP contribution in [0.3, 0.4) is 0 Å². The fourth-order valence-corrected chi connectivity index (χ4v) is 4.55. The maximum Gasteiger partial charge on any atom is 0.273 e. The number of nitrogens with one attached hydrogen (secondary N) is 4. The van der Waals surface area contributed by atoms with Crippen LogP contribution in [0.4, 0.5) is 0 Å². The summed E-state index contributed by atoms with van der Waals surface area (Å²) in [6.07, 6.45) is 8.12. The van der Waals surface area contributed by atoms with E-state index in [1.54, 1.807) is 0 Å². The van der Waals surface area contributed by atoms with Crippen molar-refractivity contribution in [2.24, 2.45) is 11.5 Å². The van der Waals surface area contributed by atoms with Crippen LogP contribution < -0.4 is 32.7 Å². The summed E-state index contributed by atoms with van der Waals surface area (Å²) in [6.45, 7) is 4.59. The average molecular weight is 669 g/mol. The number of carbonyl (C=O) groups excluding carboxylic acids is 4. The molecule has 4 aromatic heterocycles. The highest BCUT2D eigenvalue weighted by atomic mass is 16.4. The number of unbranched alkanes of at least 4 members (excludes halogenated alkanes) is 2. The molecule has 0 saturated heterocycles. The van der Waals surface area contributed by atoms with Crippen molar-refractivity contribution in [3.05, 3.63) is 71.4 Å². The first-order valence-corrected chi connectivity index (χ1v) is 15.7. The third-order valence-corrected chi connectivity index (χ3v) is 6.98. The zero-order valence-corrected chi connectivity index (χ0v) is 26.7. The Morgan fingerprint density at radius 2 is 0.958 bits per heavy atom. The van der Waals surface area contributed by atoms with Crippen LogP contribution in [0, 0.1) is 0 Å². The monoisotopic (exact) mass is 668 g/mol. The van der Waals surface area contributed by atoms with Crippen LogP contribution in [0.25, 0.3) is 0 Å². The van der Waals surface area contributed by atoms with Gasteiger partial charge in [0.2, 0.25) is 23.6 Å². The number of nitrogens with two attached hydrogens (primary N) is 2. The largest absolute Gasteiger partial charge is 0.446 e. The minimum Gasteiger partial charge on any atom is -0.446 e. The van der Waals surface area contributed by atoms with Gasteiger partial charge in [-0.1, -0.05) is 13.8 Å². The SMILES string of the molecule is CC.NCCCCC1NC(=O)c2coc(n2)CNC(=O)c2coc(n2)C(CCCCN)NC(=O)c2coc(n2)CNC(=O)c2coc1n2. The molecule has 4 amide bonds. The van der Waals surface area contributed by atoms with Crippen molar-refractivity contribution in [2.45, 2.75) is 77.5 Å². The van der Waals surface area contributed by atoms with Gasteiger partial charge in [0.25, 0.3) is 23.6 Å². The summed E-state index contributed by atoms with van der Waals surface area (Å²) in [5, 5.41) is 10.8. The smallest absolute Gasteiger partial charge is 0.273 e. The van der Waals surface area contributed by atoms with Crippen LogP contribution in [-0.4, -0.2) is 56.7 Å². The van der Waals surface area contributed by atoms with E-state index >= 15 is 0 Å². The minimum atomic E-state index is -0.709. The summed E-state index contributed by atoms with van der Waals surface area (Å²) in [4.78, 5) is 68.6. The van der Waals surface area contributed by atoms with Crippen LogP contribution in [0.5, 0.6) is 0 Å². The van der Waals surface area contributed by atoms with Crippen molar-refractivity contribution in [2.75, 3.05) is 13.1 Å². The van der Waals surface area contributed by atoms with Crippen molar-refractivity contribution < 1.29 is 36.8 Å². The molecular formula is C30H40N10O8. The highest BCUT2D eigenvalue weighted by Gasteiger charge is 2.26. The number of hydrogen-bond donors (Lipinski definition) is 6. The molecule has 0 aliphatic carbocycles. The molecule has 2 atom stereocenters. The van der Waals surface area contributed by atoms with Crippen LogP contribution in [0.15, 0.2) is 42.7 Å². The first-order valence-electron chi connectivity index (χ1n) is 15.7. The number of aromatic nitrogens is 4. The molecule has 8 bridgehead atoms. The molecular weight excluding hydrogens is 628 g/mol. The van der Waals surface area contributed by atoms with Crippen molar-refractivity contribution in [3.8, 4) is 0 Å². The summed E-state index contributed by atoms with van der Waals surface area (Å²) in [7, 11) is 0. The summed E-state index contributed by atoms with van der Waals surface area (Å²) in [5.74, 6) is -2.03. The normalized spacial score (nSPS) is 17.2. The lowest BCUT2D eigenvalue weighted by Crippen LogP contribution is -2.30. The zero-order chi connectivity index (χ0) is 34.5. The number of fused-ring (bicyclic) bond motifs is 8. The number of carbonyl (C=O) groups is 4. The van der Waals surface area contributed by atoms with E-state index in [1.807, 2.05) is 13.8 Å². The van der Waals surface area contributed by atoms with E-state index in [4.69, 9.17) is 29.1 Å². The lowest BCUT2D eigenvalue weighted by molar-refractivity contribution is 0.0914. The molecule has 5 rings (SSSR count). The van der Waals surface area contributed by atoms with Gasteiger partial charge < -0.3 is 50.4 Å². The zero-order valence-electron chi connectivity index (χ0n) is 26.7. The Morgan fingerprint density at radius 3 is 1.35 bits per heavy atom. The summed E-state index contributed by atoms with van der Waals surface area (Å²) in [5.41, 5.74) is 11.1. The number of oxazole rings is 4. The van der Waals surface area contributed by atoms with Gasteiger partial charge in [-0.15, -0.1) is 0 Å². The van der Waals surface area contributed by atoms with Gasteiger partial charge in [-0.2, -0.15) is 0 Å². The molecule has 48 heavy (non-hydrogen) atoms. The molecule has 0 fully saturated rings. The van der Waals surface area contributed by atoms with Crippen LogP contribution in [0.1, 0.15) is 130 Å². The Morgan fingerprint density at radius 1 is 0.583 bits per heavy atom. The maximum absolute atomic E-state index is 13.1. The molecule has 18 heteroatoms. The van der Waals surface area contributed by atoms with E-state index in [0.29, 0.717) is 51.6 Å². The quantitative estimate of drug-likeness (QED) is 0.147. The third kappa shape index (κ3) is 9.35. The highest BCUT2D eigenvalue weighted by Crippen LogP contribution is 2.22. The average Bonchev–Trinajstić information content (AvgIpc) is 3.93. The van der Waals surface area contributed by atoms with Gasteiger partial charge >= 0.3 is 0 Å². The Kier molecular flexibility index (Phi) is 13.0. The van der Waals surface area contributed by atoms with Gasteiger partial charge in [-0.25, -0.2) is 19.9 Å². The number of amides is 4. The molecule has 1 aliphatic rings. The van der Waals surface area contributed by atoms with E-state index in [2.05, 4.69) is 41.2 Å². The lowest BCUT2D eigenvalue weighted by atomic mass is 10.1. The second kappa shape index (κ2) is 17.5. The standard InChI is InChI=1S/C28H34N10O8.C2H6/c29-7-3-1-5-15-27-37-17(13-45-27)23(39)31-10-22-34-20(12-44-22)26(42)36-16(6-2-4-8-30)28-38-18(14-46-28)24(40)32-9-21-33-19(11-43-21)25(41)35-15;1-2/h11-16H,1-10,29-30H2,(H,31,39)(H,32,40)(H,35,41)(H,36,42);1-2H3. The summed E-state index contributed by atoms with van der Waals surface area (Å²) < 4.78 is 21.9. The number of nitrogens with zero attached hydrogens (tertiary/aromatic N) is 4. The topological polar surface area (TPSA) is 273 Å². The molecule has 0 saturated carbocycles. The maximum atomic E-state index is 13.1. The second-order valence-electron chi connectivity index (χ2n) is 10.4. The van der Waals surface area contributed by atoms with E-state index in [1.165, 1.54) is 0 Å². The molecule has 0 radical (unpaired) electrons. The number of hydrogen-bond acceptors (Lipinski definition) is 14. The number of rotatable bonds is 8. The molecule has 0 spiro atoms. The minimum absolute atomic E-state index is 0.0443. The highest BCUT2D eigenvalue weighted by molar-refractivity contribution is 5.94. The lowest BCUT2D eigenvalue weighted by Gasteiger charge is -2.14. The van der Waals surface area contributed by atoms with Crippen LogP contribution >= 0.6 is 0 Å². The van der Waals surface area contributed by atoms with Gasteiger partial charge in [0.15, 0.2) is 22.8 Å². The fraction of sp³-hybridized carbons (Fsp3) is 0.467. The Balaban J connectivity index is 0.00000255. The summed E-state index contributed by atoms with van der Waals surface area (Å²) in [6, 6.07) is -1.42. The first-order chi connectivity index (χ1) is 23.3. The third-order valence-electron chi connectivity index (χ3n) is 6.98. The van der Waals surface area contributed by atoms with Crippen LogP contribution in [-0.2, 0) is 13.1 Å². The molecule has 8 N–H and O–H groups in total. The Bertz CT molecular complexity index is 1540. The van der Waals surface area contributed by atoms with Crippen molar-refractivity contribution >= 4 is 23.6 Å². The Hall–Kier alpha value is -5.36. The van der Waals surface area contributed by atoms with Gasteiger partial charge in [0, 0.05) is 0 Å². The predicted molar refractivity (Wildman–Crippen MR) is 166 cm³/mol. The van der Waals surface area contributed by atoms with Crippen molar-refractivity contribution in [1.82, 2.24) is 41.2 Å². The Labute approximate surface area is 275 Å². The molecule has 2 unspecified atom stereocenters. The van der Waals surface area contributed by atoms with Gasteiger partial charge in [0.05, 0.1) is 13.1 Å². The fourth-order valence-electron chi connectivity index (χ4n) is 4.55. The summed E-state index contributed by atoms with van der Waals surface area (Å²) >= 11 is 0. The first kappa shape index (κ1) is 35.5. The second-order valence-corrected chi connectivity index (χ2v) is 10.4. The van der Waals surface area contributed by atoms with E-state index < -0.39 is 35.7 Å². The van der Waals surface area contributed by atoms with E-state index in [0.717, 1.165) is 25.1 Å². The molecule has 5 heterocycles. The van der Waals surface area contributed by atoms with Crippen molar-refractivity contribution in [1.29, 1.82) is 0 Å². The molecule has 0 aromatic carbocycles. The molecule has 18 nitrogen and oxygen atoms in total. The van der Waals surface area contributed by atoms with Crippen LogP contribution in [0.2, 0.25) is 0 Å². The van der Waals surface area contributed by atoms with Gasteiger partial charge in [-0.3, -0.25) is 19.2 Å². The van der Waals surface area contributed by atoms with Crippen molar-refractivity contribution in [3.63, 3.8) is 0 Å². The van der Waals surface area contributed by atoms with E-state index in [9.17, 15) is 19.2 Å². The molecule has 258 valence electrons. The van der Waals surface area contributed by atoms with Gasteiger partial charge in [-0.05, 0) is 51.6 Å². The molecule has 4 aromatic rings. The van der Waals surface area contributed by atoms with E-state index in [-0.39, 0.29) is 59.4 Å². The molecule has 1 aliphatic heterocycles. The van der Waals surface area contributed by atoms with Gasteiger partial charge in [0.1, 0.15) is 37.1 Å².